The van der Waals surface area contributed by atoms with Crippen LogP contribution in [0.2, 0.25) is 0 Å². The predicted octanol–water partition coefficient (Wildman–Crippen LogP) is 2.03. The summed E-state index contributed by atoms with van der Waals surface area (Å²) in [5, 5.41) is 16.8. The van der Waals surface area contributed by atoms with Crippen molar-refractivity contribution in [2.24, 2.45) is 0 Å². The SMILES string of the molecule is CO[C@@H]1O[C@H](COS(=O)(=O)c2ccc(C)cc2)[C@@H](O)[C@H](NC(=O)c2ccccc2)[C@H]1NC(=O)c1ccccc1. The lowest BCUT2D eigenvalue weighted by molar-refractivity contribution is -0.237. The summed E-state index contributed by atoms with van der Waals surface area (Å²) in [6.45, 7) is 1.26. The second-order valence-electron chi connectivity index (χ2n) is 9.05. The number of carbonyl (C=O) groups excluding carboxylic acids is 2. The highest BCUT2D eigenvalue weighted by atomic mass is 32.2. The fraction of sp³-hybridized carbons (Fsp3) is 0.286. The number of ether oxygens (including phenoxy) is 2. The molecule has 11 heteroatoms. The van der Waals surface area contributed by atoms with Crippen LogP contribution >= 0.6 is 0 Å². The molecule has 1 aliphatic heterocycles. The van der Waals surface area contributed by atoms with Crippen molar-refractivity contribution in [1.82, 2.24) is 10.6 Å². The topological polar surface area (TPSA) is 140 Å². The molecule has 1 fully saturated rings. The smallest absolute Gasteiger partial charge is 0.297 e. The lowest BCUT2D eigenvalue weighted by Crippen LogP contribution is -2.69. The number of hydrogen-bond acceptors (Lipinski definition) is 8. The van der Waals surface area contributed by atoms with E-state index in [2.05, 4.69) is 10.6 Å². The minimum Gasteiger partial charge on any atom is -0.388 e. The highest BCUT2D eigenvalue weighted by molar-refractivity contribution is 7.86. The number of hydrogen-bond donors (Lipinski definition) is 3. The third-order valence-corrected chi connectivity index (χ3v) is 7.63. The van der Waals surface area contributed by atoms with Gasteiger partial charge in [0, 0.05) is 18.2 Å². The van der Waals surface area contributed by atoms with Gasteiger partial charge in [0.15, 0.2) is 6.29 Å². The maximum Gasteiger partial charge on any atom is 0.297 e. The van der Waals surface area contributed by atoms with Crippen molar-refractivity contribution in [3.05, 3.63) is 102 Å². The van der Waals surface area contributed by atoms with Crippen LogP contribution in [0.1, 0.15) is 26.3 Å². The molecule has 1 heterocycles. The number of aliphatic hydroxyl groups is 1. The summed E-state index contributed by atoms with van der Waals surface area (Å²) in [6.07, 6.45) is -3.85. The number of nitrogens with one attached hydrogen (secondary N) is 2. The van der Waals surface area contributed by atoms with E-state index in [-0.39, 0.29) is 4.90 Å². The summed E-state index contributed by atoms with van der Waals surface area (Å²) in [5.74, 6) is -0.989. The second kappa shape index (κ2) is 12.5. The van der Waals surface area contributed by atoms with Gasteiger partial charge in [-0.2, -0.15) is 8.42 Å². The Morgan fingerprint density at radius 2 is 1.36 bits per heavy atom. The molecule has 0 saturated carbocycles. The molecule has 206 valence electrons. The van der Waals surface area contributed by atoms with Crippen molar-refractivity contribution in [3.63, 3.8) is 0 Å². The van der Waals surface area contributed by atoms with E-state index in [0.29, 0.717) is 11.1 Å². The molecule has 3 aromatic carbocycles. The summed E-state index contributed by atoms with van der Waals surface area (Å²) >= 11 is 0. The number of aryl methyl sites for hydroxylation is 1. The van der Waals surface area contributed by atoms with Crippen LogP contribution in [0.3, 0.4) is 0 Å². The van der Waals surface area contributed by atoms with Gasteiger partial charge in [-0.05, 0) is 43.3 Å². The quantitative estimate of drug-likeness (QED) is 0.342. The number of carbonyl (C=O) groups is 2. The van der Waals surface area contributed by atoms with E-state index >= 15 is 0 Å². The Labute approximate surface area is 227 Å². The third kappa shape index (κ3) is 6.88. The Bertz CT molecular complexity index is 1370. The van der Waals surface area contributed by atoms with Crippen LogP contribution in [0, 0.1) is 6.92 Å². The Kier molecular flexibility index (Phi) is 9.10. The summed E-state index contributed by atoms with van der Waals surface area (Å²) < 4.78 is 42.0. The molecule has 10 nitrogen and oxygen atoms in total. The molecule has 0 aliphatic carbocycles. The molecule has 1 aliphatic rings. The van der Waals surface area contributed by atoms with Crippen LogP contribution in [0.25, 0.3) is 0 Å². The second-order valence-corrected chi connectivity index (χ2v) is 10.7. The van der Waals surface area contributed by atoms with Gasteiger partial charge in [0.05, 0.1) is 17.5 Å². The molecule has 0 aromatic heterocycles. The molecule has 39 heavy (non-hydrogen) atoms. The van der Waals surface area contributed by atoms with Crippen molar-refractivity contribution >= 4 is 21.9 Å². The van der Waals surface area contributed by atoms with Crippen molar-refractivity contribution in [3.8, 4) is 0 Å². The summed E-state index contributed by atoms with van der Waals surface area (Å²) in [4.78, 5) is 26.0. The van der Waals surface area contributed by atoms with E-state index in [1.54, 1.807) is 72.8 Å². The summed E-state index contributed by atoms with van der Waals surface area (Å²) in [7, 11) is -2.83. The standard InChI is InChI=1S/C28H30N2O8S/c1-18-13-15-21(16-14-18)39(34,35)37-17-22-25(31)23(29-26(32)19-9-5-3-6-10-19)24(28(36-2)38-22)30-27(33)20-11-7-4-8-12-20/h3-16,22-25,28,31H,17H2,1-2H3,(H,29,32)(H,30,33)/t22-,23-,24-,25-,28-/m1/s1. The first kappa shape index (κ1) is 28.4. The minimum atomic E-state index is -4.17. The molecule has 3 aromatic rings. The number of methoxy groups -OCH3 is 1. The van der Waals surface area contributed by atoms with E-state index < -0.39 is 59.1 Å². The molecule has 3 N–H and O–H groups in total. The fourth-order valence-corrected chi connectivity index (χ4v) is 5.12. The molecule has 5 atom stereocenters. The van der Waals surface area contributed by atoms with E-state index in [9.17, 15) is 23.1 Å². The van der Waals surface area contributed by atoms with Crippen LogP contribution in [0.4, 0.5) is 0 Å². The van der Waals surface area contributed by atoms with E-state index in [1.165, 1.54) is 19.2 Å². The van der Waals surface area contributed by atoms with Crippen molar-refractivity contribution < 1.29 is 36.8 Å². The Morgan fingerprint density at radius 1 is 0.846 bits per heavy atom. The molecule has 4 rings (SSSR count). The molecule has 0 unspecified atom stereocenters. The molecule has 0 bridgehead atoms. The molecule has 0 spiro atoms. The maximum absolute atomic E-state index is 13.0. The van der Waals surface area contributed by atoms with Crippen LogP contribution in [-0.2, 0) is 23.8 Å². The first-order chi connectivity index (χ1) is 18.7. The van der Waals surface area contributed by atoms with Gasteiger partial charge < -0.3 is 25.2 Å². The lowest BCUT2D eigenvalue weighted by atomic mass is 9.93. The van der Waals surface area contributed by atoms with Crippen LogP contribution in [0.15, 0.2) is 89.8 Å². The van der Waals surface area contributed by atoms with Gasteiger partial charge in [-0.15, -0.1) is 0 Å². The van der Waals surface area contributed by atoms with Crippen molar-refractivity contribution in [1.29, 1.82) is 0 Å². The average molecular weight is 555 g/mol. The average Bonchev–Trinajstić information content (AvgIpc) is 2.95. The van der Waals surface area contributed by atoms with E-state index in [0.717, 1.165) is 5.56 Å². The Balaban J connectivity index is 1.57. The van der Waals surface area contributed by atoms with Gasteiger partial charge in [0.2, 0.25) is 0 Å². The van der Waals surface area contributed by atoms with Gasteiger partial charge in [-0.3, -0.25) is 13.8 Å². The highest BCUT2D eigenvalue weighted by Crippen LogP contribution is 2.25. The van der Waals surface area contributed by atoms with Gasteiger partial charge in [-0.1, -0.05) is 54.1 Å². The first-order valence-electron chi connectivity index (χ1n) is 12.2. The third-order valence-electron chi connectivity index (χ3n) is 6.33. The minimum absolute atomic E-state index is 0.0522. The van der Waals surface area contributed by atoms with Gasteiger partial charge in [0.25, 0.3) is 21.9 Å². The molecular formula is C28H30N2O8S. The van der Waals surface area contributed by atoms with E-state index in [4.69, 9.17) is 13.7 Å². The van der Waals surface area contributed by atoms with Crippen molar-refractivity contribution in [2.45, 2.75) is 42.4 Å². The zero-order valence-corrected chi connectivity index (χ0v) is 22.2. The number of amides is 2. The normalized spacial score (nSPS) is 23.1. The van der Waals surface area contributed by atoms with Crippen molar-refractivity contribution in [2.75, 3.05) is 13.7 Å². The molecule has 0 radical (unpaired) electrons. The Hall–Kier alpha value is -3.61. The fourth-order valence-electron chi connectivity index (χ4n) is 4.20. The summed E-state index contributed by atoms with van der Waals surface area (Å²) in [6, 6.07) is 20.7. The molecular weight excluding hydrogens is 524 g/mol. The number of aliphatic hydroxyl groups excluding tert-OH is 1. The monoisotopic (exact) mass is 554 g/mol. The Morgan fingerprint density at radius 3 is 1.87 bits per heavy atom. The predicted molar refractivity (Wildman–Crippen MR) is 141 cm³/mol. The first-order valence-corrected chi connectivity index (χ1v) is 13.6. The zero-order valence-electron chi connectivity index (χ0n) is 21.4. The van der Waals surface area contributed by atoms with Crippen LogP contribution in [0.5, 0.6) is 0 Å². The summed E-state index contributed by atoms with van der Waals surface area (Å²) in [5.41, 5.74) is 1.56. The highest BCUT2D eigenvalue weighted by Gasteiger charge is 2.47. The molecule has 2 amide bonds. The van der Waals surface area contributed by atoms with Crippen LogP contribution in [-0.4, -0.2) is 69.6 Å². The van der Waals surface area contributed by atoms with Gasteiger partial charge in [-0.25, -0.2) is 0 Å². The van der Waals surface area contributed by atoms with Crippen LogP contribution < -0.4 is 10.6 Å². The maximum atomic E-state index is 13.0. The zero-order chi connectivity index (χ0) is 28.0. The lowest BCUT2D eigenvalue weighted by Gasteiger charge is -2.44. The van der Waals surface area contributed by atoms with E-state index in [1.807, 2.05) is 6.92 Å². The van der Waals surface area contributed by atoms with Gasteiger partial charge in [0.1, 0.15) is 18.2 Å². The van der Waals surface area contributed by atoms with Gasteiger partial charge >= 0.3 is 0 Å². The number of rotatable bonds is 9. The molecule has 1 saturated heterocycles. The largest absolute Gasteiger partial charge is 0.388 e. The number of benzene rings is 3.